The summed E-state index contributed by atoms with van der Waals surface area (Å²) < 4.78 is 12.8. The zero-order valence-corrected chi connectivity index (χ0v) is 14.4. The second kappa shape index (κ2) is 7.54. The van der Waals surface area contributed by atoms with Crippen LogP contribution in [0.15, 0.2) is 60.9 Å². The highest BCUT2D eigenvalue weighted by Crippen LogP contribution is 2.19. The summed E-state index contributed by atoms with van der Waals surface area (Å²) in [5.74, 6) is -0.318. The molecule has 5 nitrogen and oxygen atoms in total. The summed E-state index contributed by atoms with van der Waals surface area (Å²) >= 11 is 0. The number of hydrogen-bond acceptors (Lipinski definition) is 4. The SMILES string of the molecule is O=C(OCc1ccc2c(c1)COCC2)c1ccccc1Cn1cccn1. The minimum atomic E-state index is -0.318. The van der Waals surface area contributed by atoms with Crippen molar-refractivity contribution >= 4 is 5.97 Å². The quantitative estimate of drug-likeness (QED) is 0.664. The van der Waals surface area contributed by atoms with Crippen LogP contribution in [0.5, 0.6) is 0 Å². The van der Waals surface area contributed by atoms with E-state index in [2.05, 4.69) is 17.2 Å². The van der Waals surface area contributed by atoms with Crippen molar-refractivity contribution < 1.29 is 14.3 Å². The Bertz CT molecular complexity index is 903. The molecule has 0 amide bonds. The number of benzene rings is 2. The molecule has 3 aromatic rings. The van der Waals surface area contributed by atoms with Crippen molar-refractivity contribution in [1.29, 1.82) is 0 Å². The molecule has 0 N–H and O–H groups in total. The average Bonchev–Trinajstić information content (AvgIpc) is 3.19. The van der Waals surface area contributed by atoms with Crippen molar-refractivity contribution in [3.63, 3.8) is 0 Å². The molecule has 0 fully saturated rings. The molecule has 0 saturated carbocycles. The third kappa shape index (κ3) is 3.68. The molecular formula is C21H20N2O3. The molecule has 2 heterocycles. The van der Waals surface area contributed by atoms with Crippen molar-refractivity contribution in [1.82, 2.24) is 9.78 Å². The fourth-order valence-corrected chi connectivity index (χ4v) is 3.16. The third-order valence-electron chi connectivity index (χ3n) is 4.54. The lowest BCUT2D eigenvalue weighted by molar-refractivity contribution is 0.0470. The van der Waals surface area contributed by atoms with E-state index in [1.165, 1.54) is 11.1 Å². The second-order valence-electron chi connectivity index (χ2n) is 6.34. The maximum atomic E-state index is 12.6. The van der Waals surface area contributed by atoms with E-state index in [1.54, 1.807) is 16.9 Å². The van der Waals surface area contributed by atoms with Gasteiger partial charge in [0, 0.05) is 12.4 Å². The standard InChI is InChI=1S/C21H20N2O3/c24-21(20-5-2-1-4-18(20)13-23-10-3-9-22-23)26-14-16-6-7-17-8-11-25-15-19(17)12-16/h1-7,9-10,12H,8,11,13-15H2. The number of aromatic nitrogens is 2. The Hall–Kier alpha value is -2.92. The minimum absolute atomic E-state index is 0.252. The molecule has 5 heteroatoms. The van der Waals surface area contributed by atoms with E-state index in [0.29, 0.717) is 18.7 Å². The summed E-state index contributed by atoms with van der Waals surface area (Å²) in [4.78, 5) is 12.6. The van der Waals surface area contributed by atoms with E-state index in [1.807, 2.05) is 36.5 Å². The van der Waals surface area contributed by atoms with Crippen molar-refractivity contribution in [3.8, 4) is 0 Å². The van der Waals surface area contributed by atoms with Crippen LogP contribution < -0.4 is 0 Å². The molecule has 0 atom stereocenters. The molecule has 0 saturated heterocycles. The van der Waals surface area contributed by atoms with E-state index >= 15 is 0 Å². The molecule has 0 bridgehead atoms. The van der Waals surface area contributed by atoms with E-state index in [4.69, 9.17) is 9.47 Å². The number of nitrogens with zero attached hydrogens (tertiary/aromatic N) is 2. The number of rotatable bonds is 5. The van der Waals surface area contributed by atoms with Gasteiger partial charge in [-0.1, -0.05) is 30.3 Å². The molecule has 26 heavy (non-hydrogen) atoms. The average molecular weight is 348 g/mol. The number of ether oxygens (including phenoxy) is 2. The van der Waals surface area contributed by atoms with E-state index < -0.39 is 0 Å². The lowest BCUT2D eigenvalue weighted by Crippen LogP contribution is -2.12. The smallest absolute Gasteiger partial charge is 0.338 e. The lowest BCUT2D eigenvalue weighted by Gasteiger charge is -2.17. The Kier molecular flexibility index (Phi) is 4.80. The highest BCUT2D eigenvalue weighted by molar-refractivity contribution is 5.91. The van der Waals surface area contributed by atoms with Gasteiger partial charge in [-0.05, 0) is 46.9 Å². The minimum Gasteiger partial charge on any atom is -0.457 e. The predicted octanol–water partition coefficient (Wildman–Crippen LogP) is 3.36. The largest absolute Gasteiger partial charge is 0.457 e. The zero-order chi connectivity index (χ0) is 17.8. The fraction of sp³-hybridized carbons (Fsp3) is 0.238. The maximum Gasteiger partial charge on any atom is 0.338 e. The number of carbonyl (C=O) groups excluding carboxylic acids is 1. The van der Waals surface area contributed by atoms with Gasteiger partial charge in [-0.2, -0.15) is 5.10 Å². The first-order valence-corrected chi connectivity index (χ1v) is 8.70. The maximum absolute atomic E-state index is 12.6. The molecule has 0 unspecified atom stereocenters. The summed E-state index contributed by atoms with van der Waals surface area (Å²) in [5.41, 5.74) is 4.94. The monoisotopic (exact) mass is 348 g/mol. The van der Waals surface area contributed by atoms with Gasteiger partial charge in [0.2, 0.25) is 0 Å². The number of esters is 1. The molecule has 1 aliphatic heterocycles. The molecule has 0 radical (unpaired) electrons. The van der Waals surface area contributed by atoms with E-state index in [9.17, 15) is 4.79 Å². The Labute approximate surface area is 152 Å². The van der Waals surface area contributed by atoms with Gasteiger partial charge in [0.25, 0.3) is 0 Å². The van der Waals surface area contributed by atoms with Gasteiger partial charge in [0.1, 0.15) is 6.61 Å². The van der Waals surface area contributed by atoms with Gasteiger partial charge in [-0.15, -0.1) is 0 Å². The Morgan fingerprint density at radius 2 is 2.08 bits per heavy atom. The summed E-state index contributed by atoms with van der Waals surface area (Å²) in [5, 5.41) is 4.20. The topological polar surface area (TPSA) is 53.4 Å². The number of fused-ring (bicyclic) bond motifs is 1. The van der Waals surface area contributed by atoms with E-state index in [0.717, 1.165) is 24.2 Å². The molecule has 0 aliphatic carbocycles. The van der Waals surface area contributed by atoms with Crippen LogP contribution in [0.25, 0.3) is 0 Å². The molecule has 1 aromatic heterocycles. The van der Waals surface area contributed by atoms with Crippen molar-refractivity contribution in [3.05, 3.63) is 88.7 Å². The van der Waals surface area contributed by atoms with Crippen molar-refractivity contribution in [2.24, 2.45) is 0 Å². The first kappa shape index (κ1) is 16.5. The summed E-state index contributed by atoms with van der Waals surface area (Å²) in [6.07, 6.45) is 4.54. The molecule has 2 aromatic carbocycles. The van der Waals surface area contributed by atoms with Gasteiger partial charge in [-0.3, -0.25) is 4.68 Å². The first-order chi connectivity index (χ1) is 12.8. The van der Waals surface area contributed by atoms with Crippen molar-refractivity contribution in [2.75, 3.05) is 6.61 Å². The van der Waals surface area contributed by atoms with Crippen molar-refractivity contribution in [2.45, 2.75) is 26.2 Å². The van der Waals surface area contributed by atoms with Gasteiger partial charge in [0.05, 0.1) is 25.3 Å². The van der Waals surface area contributed by atoms with Crippen LogP contribution in [0.4, 0.5) is 0 Å². The Morgan fingerprint density at radius 1 is 1.15 bits per heavy atom. The molecular weight excluding hydrogens is 328 g/mol. The summed E-state index contributed by atoms with van der Waals surface area (Å²) in [6, 6.07) is 15.5. The van der Waals surface area contributed by atoms with Crippen LogP contribution in [0.2, 0.25) is 0 Å². The molecule has 4 rings (SSSR count). The van der Waals surface area contributed by atoms with Crippen LogP contribution in [-0.4, -0.2) is 22.4 Å². The van der Waals surface area contributed by atoms with E-state index in [-0.39, 0.29) is 12.6 Å². The fourth-order valence-electron chi connectivity index (χ4n) is 3.16. The first-order valence-electron chi connectivity index (χ1n) is 8.70. The second-order valence-corrected chi connectivity index (χ2v) is 6.34. The number of hydrogen-bond donors (Lipinski definition) is 0. The van der Waals surface area contributed by atoms with Gasteiger partial charge >= 0.3 is 5.97 Å². The molecule has 132 valence electrons. The highest BCUT2D eigenvalue weighted by Gasteiger charge is 2.14. The lowest BCUT2D eigenvalue weighted by atomic mass is 10.0. The highest BCUT2D eigenvalue weighted by atomic mass is 16.5. The Balaban J connectivity index is 1.45. The number of carbonyl (C=O) groups is 1. The van der Waals surface area contributed by atoms with Gasteiger partial charge in [0.15, 0.2) is 0 Å². The Morgan fingerprint density at radius 3 is 2.96 bits per heavy atom. The summed E-state index contributed by atoms with van der Waals surface area (Å²) in [6.45, 7) is 2.19. The zero-order valence-electron chi connectivity index (χ0n) is 14.4. The van der Waals surface area contributed by atoms with Crippen LogP contribution >= 0.6 is 0 Å². The molecule has 1 aliphatic rings. The van der Waals surface area contributed by atoms with Gasteiger partial charge in [-0.25, -0.2) is 4.79 Å². The summed E-state index contributed by atoms with van der Waals surface area (Å²) in [7, 11) is 0. The van der Waals surface area contributed by atoms with Crippen LogP contribution in [0, 0.1) is 0 Å². The molecule has 0 spiro atoms. The van der Waals surface area contributed by atoms with Gasteiger partial charge < -0.3 is 9.47 Å². The van der Waals surface area contributed by atoms with Crippen LogP contribution in [0.3, 0.4) is 0 Å². The third-order valence-corrected chi connectivity index (χ3v) is 4.54. The van der Waals surface area contributed by atoms with Crippen LogP contribution in [0.1, 0.15) is 32.6 Å². The van der Waals surface area contributed by atoms with Crippen LogP contribution in [-0.2, 0) is 35.7 Å². The normalized spacial score (nSPS) is 13.2. The predicted molar refractivity (Wildman–Crippen MR) is 96.7 cm³/mol.